The van der Waals surface area contributed by atoms with Crippen LogP contribution in [-0.2, 0) is 0 Å². The first kappa shape index (κ1) is 13.3. The van der Waals surface area contributed by atoms with E-state index in [0.717, 1.165) is 6.42 Å². The fourth-order valence-electron chi connectivity index (χ4n) is 1.93. The van der Waals surface area contributed by atoms with Crippen molar-refractivity contribution in [2.45, 2.75) is 26.3 Å². The van der Waals surface area contributed by atoms with Crippen molar-refractivity contribution in [3.8, 4) is 0 Å². The summed E-state index contributed by atoms with van der Waals surface area (Å²) in [4.78, 5) is 22.3. The minimum Gasteiger partial charge on any atom is -0.376 e. The van der Waals surface area contributed by atoms with E-state index < -0.39 is 4.92 Å². The first-order valence-corrected chi connectivity index (χ1v) is 6.36. The monoisotopic (exact) mass is 263 g/mol. The van der Waals surface area contributed by atoms with Crippen molar-refractivity contribution >= 4 is 17.3 Å². The highest BCUT2D eigenvalue weighted by Gasteiger charge is 2.34. The topological polar surface area (TPSA) is 84.3 Å². The van der Waals surface area contributed by atoms with Crippen LogP contribution in [0.25, 0.3) is 0 Å². The average molecular weight is 263 g/mol. The molecule has 1 aromatic carbocycles. The molecule has 1 aliphatic carbocycles. The number of anilines is 1. The van der Waals surface area contributed by atoms with Gasteiger partial charge in [-0.3, -0.25) is 14.9 Å². The van der Waals surface area contributed by atoms with E-state index in [4.69, 9.17) is 0 Å². The quantitative estimate of drug-likeness (QED) is 0.629. The van der Waals surface area contributed by atoms with Gasteiger partial charge in [0.2, 0.25) is 0 Å². The zero-order valence-corrected chi connectivity index (χ0v) is 11.0. The zero-order chi connectivity index (χ0) is 14.0. The average Bonchev–Trinajstić information content (AvgIpc) is 3.05. The van der Waals surface area contributed by atoms with Crippen LogP contribution in [0.15, 0.2) is 18.2 Å². The normalized spacial score (nSPS) is 20.7. The number of hydrogen-bond donors (Lipinski definition) is 2. The Hall–Kier alpha value is -2.11. The van der Waals surface area contributed by atoms with Gasteiger partial charge in [-0.05, 0) is 31.4 Å². The predicted molar refractivity (Wildman–Crippen MR) is 72.3 cm³/mol. The van der Waals surface area contributed by atoms with Crippen molar-refractivity contribution in [1.82, 2.24) is 5.32 Å². The fraction of sp³-hybridized carbons (Fsp3) is 0.462. The van der Waals surface area contributed by atoms with E-state index in [1.165, 1.54) is 6.07 Å². The smallest absolute Gasteiger partial charge is 0.293 e. The molecular formula is C13H17N3O3. The molecule has 0 spiro atoms. The number of nitrogens with one attached hydrogen (secondary N) is 2. The van der Waals surface area contributed by atoms with E-state index in [2.05, 4.69) is 17.6 Å². The first-order chi connectivity index (χ1) is 9.02. The Morgan fingerprint density at radius 1 is 1.53 bits per heavy atom. The van der Waals surface area contributed by atoms with Gasteiger partial charge < -0.3 is 10.6 Å². The van der Waals surface area contributed by atoms with Crippen LogP contribution in [0.4, 0.5) is 11.4 Å². The molecule has 1 aromatic rings. The lowest BCUT2D eigenvalue weighted by Gasteiger charge is -2.08. The Morgan fingerprint density at radius 3 is 2.74 bits per heavy atom. The van der Waals surface area contributed by atoms with E-state index in [0.29, 0.717) is 29.8 Å². The molecular weight excluding hydrogens is 246 g/mol. The molecule has 2 rings (SSSR count). The second-order valence-corrected chi connectivity index (χ2v) is 4.81. The Labute approximate surface area is 111 Å². The maximum absolute atomic E-state index is 11.7. The molecule has 0 saturated heterocycles. The van der Waals surface area contributed by atoms with Gasteiger partial charge >= 0.3 is 0 Å². The summed E-state index contributed by atoms with van der Waals surface area (Å²) >= 11 is 0. The van der Waals surface area contributed by atoms with Crippen LogP contribution in [0.1, 0.15) is 30.6 Å². The molecule has 0 aromatic heterocycles. The lowest BCUT2D eigenvalue weighted by Crippen LogP contribution is -2.22. The molecule has 0 radical (unpaired) electrons. The second kappa shape index (κ2) is 5.26. The first-order valence-electron chi connectivity index (χ1n) is 6.36. The maximum atomic E-state index is 11.7. The zero-order valence-electron chi connectivity index (χ0n) is 11.0. The third-order valence-electron chi connectivity index (χ3n) is 3.24. The highest BCUT2D eigenvalue weighted by molar-refractivity contribution is 5.95. The molecule has 2 N–H and O–H groups in total. The Morgan fingerprint density at radius 2 is 2.21 bits per heavy atom. The van der Waals surface area contributed by atoms with Crippen molar-refractivity contribution in [1.29, 1.82) is 0 Å². The van der Waals surface area contributed by atoms with E-state index in [9.17, 15) is 14.9 Å². The summed E-state index contributed by atoms with van der Waals surface area (Å²) in [7, 11) is 0. The number of benzene rings is 1. The van der Waals surface area contributed by atoms with E-state index in [1.54, 1.807) is 19.1 Å². The predicted octanol–water partition coefficient (Wildman–Crippen LogP) is 2.16. The highest BCUT2D eigenvalue weighted by atomic mass is 16.6. The number of hydrogen-bond acceptors (Lipinski definition) is 4. The summed E-state index contributed by atoms with van der Waals surface area (Å²) in [5.74, 6) is 0.250. The van der Waals surface area contributed by atoms with Gasteiger partial charge in [0.1, 0.15) is 5.69 Å². The standard InChI is InChI=1S/C13H17N3O3/c1-3-14-13(17)9-4-5-10(12(7-9)16(18)19)15-11-6-8(11)2/h4-5,7-8,11,15H,3,6H2,1-2H3,(H,14,17). The number of nitro groups is 1. The fourth-order valence-corrected chi connectivity index (χ4v) is 1.93. The third kappa shape index (κ3) is 3.01. The lowest BCUT2D eigenvalue weighted by molar-refractivity contribution is -0.384. The molecule has 102 valence electrons. The van der Waals surface area contributed by atoms with Crippen molar-refractivity contribution < 1.29 is 9.72 Å². The molecule has 0 heterocycles. The van der Waals surface area contributed by atoms with E-state index >= 15 is 0 Å². The van der Waals surface area contributed by atoms with Crippen LogP contribution >= 0.6 is 0 Å². The molecule has 1 aliphatic rings. The number of carbonyl (C=O) groups is 1. The molecule has 2 unspecified atom stereocenters. The van der Waals surface area contributed by atoms with Gasteiger partial charge in [-0.2, -0.15) is 0 Å². The summed E-state index contributed by atoms with van der Waals surface area (Å²) < 4.78 is 0. The Kier molecular flexibility index (Phi) is 3.69. The molecule has 1 amide bonds. The molecule has 6 heteroatoms. The number of carbonyl (C=O) groups excluding carboxylic acids is 1. The van der Waals surface area contributed by atoms with Crippen molar-refractivity contribution in [3.05, 3.63) is 33.9 Å². The van der Waals surface area contributed by atoms with Gasteiger partial charge in [0.05, 0.1) is 4.92 Å². The van der Waals surface area contributed by atoms with Crippen LogP contribution < -0.4 is 10.6 Å². The summed E-state index contributed by atoms with van der Waals surface area (Å²) in [6.07, 6.45) is 1.02. The van der Waals surface area contributed by atoms with Gasteiger partial charge in [0.25, 0.3) is 11.6 Å². The largest absolute Gasteiger partial charge is 0.376 e. The molecule has 19 heavy (non-hydrogen) atoms. The van der Waals surface area contributed by atoms with Gasteiger partial charge in [-0.15, -0.1) is 0 Å². The van der Waals surface area contributed by atoms with Crippen LogP contribution in [0, 0.1) is 16.0 Å². The number of amides is 1. The van der Waals surface area contributed by atoms with Gasteiger partial charge in [0.15, 0.2) is 0 Å². The van der Waals surface area contributed by atoms with Crippen LogP contribution in [0.5, 0.6) is 0 Å². The third-order valence-corrected chi connectivity index (χ3v) is 3.24. The molecule has 1 saturated carbocycles. The highest BCUT2D eigenvalue weighted by Crippen LogP contribution is 2.35. The Bertz CT molecular complexity index is 516. The second-order valence-electron chi connectivity index (χ2n) is 4.81. The minimum absolute atomic E-state index is 0.0529. The molecule has 0 bridgehead atoms. The summed E-state index contributed by atoms with van der Waals surface area (Å²) in [6.45, 7) is 4.38. The summed E-state index contributed by atoms with van der Waals surface area (Å²) in [5.41, 5.74) is 0.734. The SMILES string of the molecule is CCNC(=O)c1ccc(NC2CC2C)c([N+](=O)[O-])c1. The molecule has 1 fully saturated rings. The van der Waals surface area contributed by atoms with Gasteiger partial charge in [-0.25, -0.2) is 0 Å². The number of nitro benzene ring substituents is 1. The molecule has 2 atom stereocenters. The van der Waals surface area contributed by atoms with Crippen molar-refractivity contribution in [2.24, 2.45) is 5.92 Å². The number of rotatable bonds is 5. The summed E-state index contributed by atoms with van der Waals surface area (Å²) in [6, 6.07) is 4.83. The lowest BCUT2D eigenvalue weighted by atomic mass is 10.1. The summed E-state index contributed by atoms with van der Waals surface area (Å²) in [5, 5.41) is 16.8. The van der Waals surface area contributed by atoms with Crippen LogP contribution in [-0.4, -0.2) is 23.4 Å². The number of nitrogens with zero attached hydrogens (tertiary/aromatic N) is 1. The molecule has 0 aliphatic heterocycles. The van der Waals surface area contributed by atoms with Crippen LogP contribution in [0.2, 0.25) is 0 Å². The Balaban J connectivity index is 2.24. The van der Waals surface area contributed by atoms with Gasteiger partial charge in [-0.1, -0.05) is 6.92 Å². The van der Waals surface area contributed by atoms with Crippen molar-refractivity contribution in [3.63, 3.8) is 0 Å². The minimum atomic E-state index is -0.460. The van der Waals surface area contributed by atoms with Gasteiger partial charge in [0, 0.05) is 24.2 Å². The van der Waals surface area contributed by atoms with Crippen LogP contribution in [0.3, 0.4) is 0 Å². The maximum Gasteiger partial charge on any atom is 0.293 e. The molecule has 6 nitrogen and oxygen atoms in total. The van der Waals surface area contributed by atoms with Crippen molar-refractivity contribution in [2.75, 3.05) is 11.9 Å². The van der Waals surface area contributed by atoms with E-state index in [-0.39, 0.29) is 11.6 Å². The van der Waals surface area contributed by atoms with E-state index in [1.807, 2.05) is 0 Å².